The molecule has 1 aliphatic rings. The minimum absolute atomic E-state index is 0.118. The number of aromatic nitrogens is 1. The largest absolute Gasteiger partial charge is 0.341 e. The third-order valence-corrected chi connectivity index (χ3v) is 4.49. The van der Waals surface area contributed by atoms with E-state index in [1.807, 2.05) is 18.7 Å². The molecule has 5 heteroatoms. The van der Waals surface area contributed by atoms with Gasteiger partial charge in [-0.05, 0) is 33.6 Å². The summed E-state index contributed by atoms with van der Waals surface area (Å²) in [6.45, 7) is 8.55. The number of rotatable bonds is 4. The molecule has 1 saturated heterocycles. The normalized spacial score (nSPS) is 17.2. The summed E-state index contributed by atoms with van der Waals surface area (Å²) in [7, 11) is 0. The molecule has 1 aliphatic heterocycles. The molecule has 0 spiro atoms. The van der Waals surface area contributed by atoms with E-state index >= 15 is 0 Å². The van der Waals surface area contributed by atoms with Crippen molar-refractivity contribution in [3.63, 3.8) is 0 Å². The van der Waals surface area contributed by atoms with E-state index in [0.717, 1.165) is 36.6 Å². The van der Waals surface area contributed by atoms with Crippen molar-refractivity contribution in [3.8, 4) is 0 Å². The van der Waals surface area contributed by atoms with Gasteiger partial charge in [0.05, 0.1) is 11.7 Å². The fraction of sp³-hybridized carbons (Fsp3) is 0.692. The van der Waals surface area contributed by atoms with Crippen LogP contribution in [-0.4, -0.2) is 34.9 Å². The SMILES string of the molecule is Cc1nc(CNC(C)C(=O)N2CCCC2)sc1C. The van der Waals surface area contributed by atoms with E-state index in [4.69, 9.17) is 0 Å². The smallest absolute Gasteiger partial charge is 0.239 e. The van der Waals surface area contributed by atoms with Gasteiger partial charge in [0.1, 0.15) is 5.01 Å². The average Bonchev–Trinajstić information content (AvgIpc) is 2.96. The molecule has 18 heavy (non-hydrogen) atoms. The van der Waals surface area contributed by atoms with Crippen molar-refractivity contribution in [1.29, 1.82) is 0 Å². The van der Waals surface area contributed by atoms with Crippen molar-refractivity contribution in [2.75, 3.05) is 13.1 Å². The fourth-order valence-electron chi connectivity index (χ4n) is 2.15. The molecule has 1 amide bonds. The molecule has 1 aromatic heterocycles. The van der Waals surface area contributed by atoms with Gasteiger partial charge in [-0.2, -0.15) is 0 Å². The van der Waals surface area contributed by atoms with Gasteiger partial charge in [-0.25, -0.2) is 4.98 Å². The van der Waals surface area contributed by atoms with E-state index in [0.29, 0.717) is 6.54 Å². The van der Waals surface area contributed by atoms with Crippen LogP contribution in [0, 0.1) is 13.8 Å². The summed E-state index contributed by atoms with van der Waals surface area (Å²) in [6, 6.07) is -0.118. The number of aryl methyl sites for hydroxylation is 2. The second kappa shape index (κ2) is 5.80. The molecule has 0 bridgehead atoms. The lowest BCUT2D eigenvalue weighted by molar-refractivity contribution is -0.131. The molecule has 1 unspecified atom stereocenters. The van der Waals surface area contributed by atoms with Gasteiger partial charge in [0.25, 0.3) is 0 Å². The highest BCUT2D eigenvalue weighted by molar-refractivity contribution is 7.11. The van der Waals surface area contributed by atoms with Crippen LogP contribution in [0.3, 0.4) is 0 Å². The van der Waals surface area contributed by atoms with E-state index in [-0.39, 0.29) is 11.9 Å². The third-order valence-electron chi connectivity index (χ3n) is 3.42. The van der Waals surface area contributed by atoms with Crippen molar-refractivity contribution >= 4 is 17.2 Å². The molecular weight excluding hydrogens is 246 g/mol. The van der Waals surface area contributed by atoms with Crippen LogP contribution >= 0.6 is 11.3 Å². The van der Waals surface area contributed by atoms with Crippen molar-refractivity contribution in [1.82, 2.24) is 15.2 Å². The highest BCUT2D eigenvalue weighted by atomic mass is 32.1. The number of nitrogens with one attached hydrogen (secondary N) is 1. The molecule has 1 fully saturated rings. The van der Waals surface area contributed by atoms with Crippen LogP contribution in [0.4, 0.5) is 0 Å². The van der Waals surface area contributed by atoms with Crippen LogP contribution < -0.4 is 5.32 Å². The second-order valence-electron chi connectivity index (χ2n) is 4.88. The summed E-state index contributed by atoms with van der Waals surface area (Å²) >= 11 is 1.70. The number of carbonyl (C=O) groups excluding carboxylic acids is 1. The van der Waals surface area contributed by atoms with E-state index in [9.17, 15) is 4.79 Å². The quantitative estimate of drug-likeness (QED) is 0.905. The lowest BCUT2D eigenvalue weighted by atomic mass is 10.3. The van der Waals surface area contributed by atoms with Gasteiger partial charge < -0.3 is 4.90 Å². The monoisotopic (exact) mass is 267 g/mol. The molecule has 1 N–H and O–H groups in total. The van der Waals surface area contributed by atoms with Crippen LogP contribution in [0.5, 0.6) is 0 Å². The standard InChI is InChI=1S/C13H21N3OS/c1-9-11(3)18-12(15-9)8-14-10(2)13(17)16-6-4-5-7-16/h10,14H,4-8H2,1-3H3. The fourth-order valence-corrected chi connectivity index (χ4v) is 3.04. The molecule has 100 valence electrons. The zero-order chi connectivity index (χ0) is 13.1. The number of carbonyl (C=O) groups is 1. The van der Waals surface area contributed by atoms with Crippen molar-refractivity contribution in [2.45, 2.75) is 46.2 Å². The Balaban J connectivity index is 1.83. The molecule has 1 atom stereocenters. The molecule has 0 saturated carbocycles. The van der Waals surface area contributed by atoms with Crippen molar-refractivity contribution in [3.05, 3.63) is 15.6 Å². The van der Waals surface area contributed by atoms with Crippen molar-refractivity contribution in [2.24, 2.45) is 0 Å². The Labute approximate surface area is 112 Å². The Hall–Kier alpha value is -0.940. The first-order valence-corrected chi connectivity index (χ1v) is 7.34. The van der Waals surface area contributed by atoms with Gasteiger partial charge in [-0.1, -0.05) is 0 Å². The number of hydrogen-bond donors (Lipinski definition) is 1. The van der Waals surface area contributed by atoms with E-state index < -0.39 is 0 Å². The Morgan fingerprint density at radius 2 is 2.11 bits per heavy atom. The van der Waals surface area contributed by atoms with E-state index in [2.05, 4.69) is 17.2 Å². The van der Waals surface area contributed by atoms with Gasteiger partial charge >= 0.3 is 0 Å². The van der Waals surface area contributed by atoms with Crippen molar-refractivity contribution < 1.29 is 4.79 Å². The van der Waals surface area contributed by atoms with E-state index in [1.54, 1.807) is 11.3 Å². The maximum Gasteiger partial charge on any atom is 0.239 e. The zero-order valence-corrected chi connectivity index (χ0v) is 12.1. The summed E-state index contributed by atoms with van der Waals surface area (Å²) in [5.41, 5.74) is 1.09. The molecule has 1 aromatic rings. The lowest BCUT2D eigenvalue weighted by Gasteiger charge is -2.20. The second-order valence-corrected chi connectivity index (χ2v) is 6.17. The van der Waals surface area contributed by atoms with Crippen LogP contribution in [0.1, 0.15) is 35.3 Å². The summed E-state index contributed by atoms with van der Waals surface area (Å²) in [5, 5.41) is 4.33. The zero-order valence-electron chi connectivity index (χ0n) is 11.3. The molecule has 4 nitrogen and oxygen atoms in total. The molecule has 0 radical (unpaired) electrons. The topological polar surface area (TPSA) is 45.2 Å². The summed E-state index contributed by atoms with van der Waals surface area (Å²) < 4.78 is 0. The molecule has 0 aromatic carbocycles. The maximum absolute atomic E-state index is 12.1. The Kier molecular flexibility index (Phi) is 4.35. The average molecular weight is 267 g/mol. The molecular formula is C13H21N3OS. The molecule has 2 rings (SSSR count). The Morgan fingerprint density at radius 1 is 1.44 bits per heavy atom. The van der Waals surface area contributed by atoms with Gasteiger partial charge in [0, 0.05) is 24.5 Å². The minimum Gasteiger partial charge on any atom is -0.341 e. The van der Waals surface area contributed by atoms with Crippen LogP contribution in [0.25, 0.3) is 0 Å². The highest BCUT2D eigenvalue weighted by Crippen LogP contribution is 2.16. The molecule has 2 heterocycles. The first-order valence-electron chi connectivity index (χ1n) is 6.53. The summed E-state index contributed by atoms with van der Waals surface area (Å²) in [6.07, 6.45) is 2.28. The van der Waals surface area contributed by atoms with Gasteiger partial charge in [0.2, 0.25) is 5.91 Å². The van der Waals surface area contributed by atoms with Crippen LogP contribution in [-0.2, 0) is 11.3 Å². The number of hydrogen-bond acceptors (Lipinski definition) is 4. The molecule has 0 aliphatic carbocycles. The maximum atomic E-state index is 12.1. The first-order chi connectivity index (χ1) is 8.58. The highest BCUT2D eigenvalue weighted by Gasteiger charge is 2.22. The number of amides is 1. The minimum atomic E-state index is -0.118. The Morgan fingerprint density at radius 3 is 2.67 bits per heavy atom. The predicted molar refractivity (Wildman–Crippen MR) is 73.7 cm³/mol. The summed E-state index contributed by atoms with van der Waals surface area (Å²) in [4.78, 5) is 19.8. The lowest BCUT2D eigenvalue weighted by Crippen LogP contribution is -2.43. The van der Waals surface area contributed by atoms with Gasteiger partial charge in [-0.15, -0.1) is 11.3 Å². The first kappa shape index (κ1) is 13.5. The van der Waals surface area contributed by atoms with E-state index in [1.165, 1.54) is 4.88 Å². The van der Waals surface area contributed by atoms with Gasteiger partial charge in [-0.3, -0.25) is 10.1 Å². The number of thiazole rings is 1. The Bertz CT molecular complexity index is 404. The number of nitrogens with zero attached hydrogens (tertiary/aromatic N) is 2. The summed E-state index contributed by atoms with van der Waals surface area (Å²) in [5.74, 6) is 0.220. The third kappa shape index (κ3) is 3.09. The number of likely N-dealkylation sites (tertiary alicyclic amines) is 1. The van der Waals surface area contributed by atoms with Gasteiger partial charge in [0.15, 0.2) is 0 Å². The predicted octanol–water partition coefficient (Wildman–Crippen LogP) is 1.86. The van der Waals surface area contributed by atoms with Crippen LogP contribution in [0.2, 0.25) is 0 Å². The van der Waals surface area contributed by atoms with Crippen LogP contribution in [0.15, 0.2) is 0 Å².